The van der Waals surface area contributed by atoms with E-state index >= 15 is 0 Å². The smallest absolute Gasteiger partial charge is 0.349 e. The summed E-state index contributed by atoms with van der Waals surface area (Å²) in [4.78, 5) is 24.6. The lowest BCUT2D eigenvalue weighted by Crippen LogP contribution is -2.20. The molecule has 1 amide bonds. The van der Waals surface area contributed by atoms with Gasteiger partial charge in [0.1, 0.15) is 16.9 Å². The third-order valence-corrected chi connectivity index (χ3v) is 4.02. The summed E-state index contributed by atoms with van der Waals surface area (Å²) in [5, 5.41) is 3.38. The number of benzene rings is 2. The van der Waals surface area contributed by atoms with Crippen molar-refractivity contribution in [2.24, 2.45) is 0 Å². The first-order valence-corrected chi connectivity index (χ1v) is 8.01. The molecule has 0 saturated heterocycles. The summed E-state index contributed by atoms with van der Waals surface area (Å²) in [6.45, 7) is 4.20. The average Bonchev–Trinajstić information content (AvgIpc) is 2.60. The Morgan fingerprint density at radius 2 is 1.80 bits per heavy atom. The van der Waals surface area contributed by atoms with Crippen molar-refractivity contribution in [2.45, 2.75) is 19.8 Å². The van der Waals surface area contributed by atoms with Crippen molar-refractivity contribution in [1.82, 2.24) is 0 Å². The van der Waals surface area contributed by atoms with Crippen LogP contribution in [-0.4, -0.2) is 13.0 Å². The molecular weight excluding hydrogens is 318 g/mol. The lowest BCUT2D eigenvalue weighted by Gasteiger charge is -2.08. The molecule has 0 fully saturated rings. The third-order valence-electron chi connectivity index (χ3n) is 4.02. The van der Waals surface area contributed by atoms with Gasteiger partial charge in [-0.3, -0.25) is 4.79 Å². The maximum atomic E-state index is 12.4. The maximum absolute atomic E-state index is 12.4. The van der Waals surface area contributed by atoms with E-state index in [1.54, 1.807) is 18.2 Å². The number of ether oxygens (including phenoxy) is 1. The fourth-order valence-corrected chi connectivity index (χ4v) is 2.53. The van der Waals surface area contributed by atoms with Gasteiger partial charge in [0.25, 0.3) is 5.91 Å². The van der Waals surface area contributed by atoms with Gasteiger partial charge in [-0.25, -0.2) is 4.79 Å². The van der Waals surface area contributed by atoms with Crippen molar-refractivity contribution >= 4 is 22.6 Å². The molecule has 0 aliphatic carbocycles. The van der Waals surface area contributed by atoms with E-state index < -0.39 is 11.5 Å². The molecular formula is C20H19NO4. The van der Waals surface area contributed by atoms with Crippen molar-refractivity contribution in [2.75, 3.05) is 12.4 Å². The Hall–Kier alpha value is -3.08. The van der Waals surface area contributed by atoms with Crippen molar-refractivity contribution in [1.29, 1.82) is 0 Å². The summed E-state index contributed by atoms with van der Waals surface area (Å²) in [5.41, 5.74) is 1.46. The first-order chi connectivity index (χ1) is 12.0. The van der Waals surface area contributed by atoms with Crippen LogP contribution < -0.4 is 15.7 Å². The van der Waals surface area contributed by atoms with Crippen LogP contribution in [0.15, 0.2) is 57.7 Å². The molecule has 0 atom stereocenters. The molecule has 1 N–H and O–H groups in total. The van der Waals surface area contributed by atoms with Gasteiger partial charge < -0.3 is 14.5 Å². The van der Waals surface area contributed by atoms with E-state index in [1.807, 2.05) is 24.3 Å². The first-order valence-electron chi connectivity index (χ1n) is 8.01. The number of hydrogen-bond donors (Lipinski definition) is 1. The summed E-state index contributed by atoms with van der Waals surface area (Å²) in [5.74, 6) is 0.496. The first kappa shape index (κ1) is 16.8. The zero-order valence-electron chi connectivity index (χ0n) is 14.3. The van der Waals surface area contributed by atoms with Gasteiger partial charge in [0, 0.05) is 17.1 Å². The van der Waals surface area contributed by atoms with Gasteiger partial charge >= 0.3 is 5.63 Å². The highest BCUT2D eigenvalue weighted by Crippen LogP contribution is 2.21. The summed E-state index contributed by atoms with van der Waals surface area (Å²) in [7, 11) is 1.53. The fourth-order valence-electron chi connectivity index (χ4n) is 2.53. The molecule has 2 aromatic carbocycles. The van der Waals surface area contributed by atoms with Crippen molar-refractivity contribution < 1.29 is 13.9 Å². The lowest BCUT2D eigenvalue weighted by molar-refractivity contribution is 0.102. The number of carbonyl (C=O) groups excluding carboxylic acids is 1. The molecule has 0 aliphatic heterocycles. The highest BCUT2D eigenvalue weighted by Gasteiger charge is 2.14. The van der Waals surface area contributed by atoms with E-state index in [0.717, 1.165) is 0 Å². The Kier molecular flexibility index (Phi) is 4.57. The van der Waals surface area contributed by atoms with Gasteiger partial charge in [0.2, 0.25) is 0 Å². The Morgan fingerprint density at radius 3 is 2.44 bits per heavy atom. The van der Waals surface area contributed by atoms with E-state index in [0.29, 0.717) is 28.3 Å². The molecule has 0 aliphatic rings. The molecule has 0 radical (unpaired) electrons. The van der Waals surface area contributed by atoms with Crippen LogP contribution in [0.1, 0.15) is 35.7 Å². The van der Waals surface area contributed by atoms with E-state index in [-0.39, 0.29) is 5.56 Å². The molecule has 1 heterocycles. The summed E-state index contributed by atoms with van der Waals surface area (Å²) >= 11 is 0. The Labute approximate surface area is 145 Å². The second-order valence-electron chi connectivity index (χ2n) is 6.08. The number of methoxy groups -OCH3 is 1. The van der Waals surface area contributed by atoms with Crippen molar-refractivity contribution in [3.63, 3.8) is 0 Å². The van der Waals surface area contributed by atoms with Gasteiger partial charge in [0.15, 0.2) is 0 Å². The number of amides is 1. The second-order valence-corrected chi connectivity index (χ2v) is 6.08. The number of carbonyl (C=O) groups is 1. The van der Waals surface area contributed by atoms with E-state index in [2.05, 4.69) is 19.2 Å². The van der Waals surface area contributed by atoms with Gasteiger partial charge in [-0.05, 0) is 41.8 Å². The molecule has 0 bridgehead atoms. The molecule has 25 heavy (non-hydrogen) atoms. The third kappa shape index (κ3) is 3.55. The zero-order chi connectivity index (χ0) is 18.0. The van der Waals surface area contributed by atoms with Gasteiger partial charge in [-0.1, -0.05) is 26.0 Å². The number of rotatable bonds is 4. The number of hydrogen-bond acceptors (Lipinski definition) is 4. The van der Waals surface area contributed by atoms with Crippen LogP contribution in [-0.2, 0) is 0 Å². The summed E-state index contributed by atoms with van der Waals surface area (Å²) < 4.78 is 10.4. The van der Waals surface area contributed by atoms with E-state index in [1.165, 1.54) is 18.7 Å². The average molecular weight is 337 g/mol. The number of nitrogens with one attached hydrogen (secondary N) is 1. The highest BCUT2D eigenvalue weighted by molar-refractivity contribution is 6.05. The monoisotopic (exact) mass is 337 g/mol. The summed E-state index contributed by atoms with van der Waals surface area (Å²) in [6, 6.07) is 14.2. The van der Waals surface area contributed by atoms with Gasteiger partial charge in [0.05, 0.1) is 7.11 Å². The van der Waals surface area contributed by atoms with Crippen LogP contribution in [0.4, 0.5) is 5.69 Å². The number of anilines is 1. The minimum Gasteiger partial charge on any atom is -0.497 e. The Bertz CT molecular complexity index is 971. The fraction of sp³-hybridized carbons (Fsp3) is 0.200. The van der Waals surface area contributed by atoms with Crippen LogP contribution in [0.25, 0.3) is 11.0 Å². The minimum atomic E-state index is -0.683. The topological polar surface area (TPSA) is 68.5 Å². The zero-order valence-corrected chi connectivity index (χ0v) is 14.3. The Balaban J connectivity index is 1.88. The molecule has 0 unspecified atom stereocenters. The van der Waals surface area contributed by atoms with Crippen LogP contribution in [0, 0.1) is 0 Å². The second kappa shape index (κ2) is 6.81. The molecule has 128 valence electrons. The van der Waals surface area contributed by atoms with Gasteiger partial charge in [-0.15, -0.1) is 0 Å². The van der Waals surface area contributed by atoms with Crippen molar-refractivity contribution in [3.05, 3.63) is 70.1 Å². The lowest BCUT2D eigenvalue weighted by atomic mass is 10.0. The standard InChI is InChI=1S/C20H19NO4/c1-12(2)13-4-7-15(8-5-13)21-19(22)17-10-14-6-9-16(24-3)11-18(14)25-20(17)23/h4-12H,1-3H3,(H,21,22). The van der Waals surface area contributed by atoms with Crippen LogP contribution in [0.5, 0.6) is 5.75 Å². The van der Waals surface area contributed by atoms with Crippen LogP contribution in [0.2, 0.25) is 0 Å². The predicted octanol–water partition coefficient (Wildman–Crippen LogP) is 4.18. The largest absolute Gasteiger partial charge is 0.497 e. The predicted molar refractivity (Wildman–Crippen MR) is 97.5 cm³/mol. The number of fused-ring (bicyclic) bond motifs is 1. The molecule has 5 heteroatoms. The Morgan fingerprint density at radius 1 is 1.08 bits per heavy atom. The summed E-state index contributed by atoms with van der Waals surface area (Å²) in [6.07, 6.45) is 0. The van der Waals surface area contributed by atoms with Gasteiger partial charge in [-0.2, -0.15) is 0 Å². The molecule has 3 aromatic rings. The molecule has 3 rings (SSSR count). The van der Waals surface area contributed by atoms with Crippen LogP contribution in [0.3, 0.4) is 0 Å². The molecule has 0 spiro atoms. The maximum Gasteiger partial charge on any atom is 0.349 e. The molecule has 5 nitrogen and oxygen atoms in total. The SMILES string of the molecule is COc1ccc2cc(C(=O)Nc3ccc(C(C)C)cc3)c(=O)oc2c1. The van der Waals surface area contributed by atoms with Crippen LogP contribution >= 0.6 is 0 Å². The molecule has 0 saturated carbocycles. The quantitative estimate of drug-likeness (QED) is 0.725. The highest BCUT2D eigenvalue weighted by atomic mass is 16.5. The normalized spacial score (nSPS) is 10.9. The van der Waals surface area contributed by atoms with Crippen molar-refractivity contribution in [3.8, 4) is 5.75 Å². The minimum absolute atomic E-state index is 0.0365. The molecule has 1 aromatic heterocycles. The van der Waals surface area contributed by atoms with E-state index in [4.69, 9.17) is 9.15 Å². The van der Waals surface area contributed by atoms with E-state index in [9.17, 15) is 9.59 Å².